The first-order chi connectivity index (χ1) is 28.0. The minimum Gasteiger partial charge on any atom is -0.490 e. The summed E-state index contributed by atoms with van der Waals surface area (Å²) in [6.45, 7) is 12.5. The zero-order chi connectivity index (χ0) is 42.6. The van der Waals surface area contributed by atoms with Gasteiger partial charge in [-0.2, -0.15) is 5.26 Å². The quantitative estimate of drug-likeness (QED) is 0.182. The predicted molar refractivity (Wildman–Crippen MR) is 224 cm³/mol. The monoisotopic (exact) mass is 824 g/mol. The highest BCUT2D eigenvalue weighted by Gasteiger charge is 2.55. The summed E-state index contributed by atoms with van der Waals surface area (Å²) >= 11 is 6.01. The van der Waals surface area contributed by atoms with E-state index in [0.29, 0.717) is 34.2 Å². The summed E-state index contributed by atoms with van der Waals surface area (Å²) in [5, 5.41) is 11.5. The van der Waals surface area contributed by atoms with Gasteiger partial charge in [-0.05, 0) is 86.7 Å². The number of amides is 4. The lowest BCUT2D eigenvalue weighted by atomic mass is 9.53. The summed E-state index contributed by atoms with van der Waals surface area (Å²) in [6, 6.07) is 19.2. The summed E-state index contributed by atoms with van der Waals surface area (Å²) in [4.78, 5) is 66.1. The Morgan fingerprint density at radius 1 is 0.932 bits per heavy atom. The zero-order valence-corrected chi connectivity index (χ0v) is 35.1. The van der Waals surface area contributed by atoms with Gasteiger partial charge in [0.1, 0.15) is 35.8 Å². The molecule has 2 saturated heterocycles. The van der Waals surface area contributed by atoms with Gasteiger partial charge in [0, 0.05) is 79.4 Å². The number of anilines is 1. The molecule has 0 spiro atoms. The lowest BCUT2D eigenvalue weighted by Gasteiger charge is -2.56. The summed E-state index contributed by atoms with van der Waals surface area (Å²) in [5.74, 6) is -0.486. The van der Waals surface area contributed by atoms with Crippen LogP contribution in [0.5, 0.6) is 11.5 Å². The van der Waals surface area contributed by atoms with E-state index < -0.39 is 23.8 Å². The van der Waals surface area contributed by atoms with Crippen molar-refractivity contribution in [2.24, 2.45) is 16.6 Å². The summed E-state index contributed by atoms with van der Waals surface area (Å²) in [5.41, 5.74) is 8.17. The number of carbonyl (C=O) groups is 5. The zero-order valence-electron chi connectivity index (χ0n) is 34.3. The second-order valence-electron chi connectivity index (χ2n) is 17.3. The van der Waals surface area contributed by atoms with Crippen LogP contribution in [0, 0.1) is 22.2 Å². The molecule has 4 amide bonds. The molecule has 4 aliphatic rings. The van der Waals surface area contributed by atoms with E-state index in [1.165, 1.54) is 11.9 Å². The van der Waals surface area contributed by atoms with Crippen molar-refractivity contribution in [1.29, 1.82) is 5.26 Å². The van der Waals surface area contributed by atoms with Gasteiger partial charge in [-0.3, -0.25) is 34.2 Å². The number of halogens is 1. The number of piperidine rings is 1. The van der Waals surface area contributed by atoms with E-state index >= 15 is 0 Å². The lowest BCUT2D eigenvalue weighted by molar-refractivity contribution is -0.136. The largest absolute Gasteiger partial charge is 0.490 e. The number of nitrogens with one attached hydrogen (secondary N) is 1. The molecule has 13 nitrogen and oxygen atoms in total. The van der Waals surface area contributed by atoms with E-state index in [9.17, 15) is 24.0 Å². The first-order valence-electron chi connectivity index (χ1n) is 20.1. The number of hydrogen-bond donors (Lipinski definition) is 2. The number of nitriles is 1. The van der Waals surface area contributed by atoms with Gasteiger partial charge in [-0.1, -0.05) is 39.3 Å². The first kappa shape index (κ1) is 43.1. The topological polar surface area (TPSA) is 175 Å². The Bertz CT molecular complexity index is 2110. The first-order valence-corrected chi connectivity index (χ1v) is 20.5. The number of rotatable bonds is 10. The maximum Gasteiger partial charge on any atom is 0.255 e. The Balaban J connectivity index is 0.000000271. The molecule has 2 aliphatic carbocycles. The number of imide groups is 1. The maximum absolute atomic E-state index is 13.1. The van der Waals surface area contributed by atoms with Crippen molar-refractivity contribution in [1.82, 2.24) is 15.1 Å². The fourth-order valence-corrected chi connectivity index (χ4v) is 9.63. The van der Waals surface area contributed by atoms with Crippen molar-refractivity contribution in [2.75, 3.05) is 38.1 Å². The van der Waals surface area contributed by atoms with Gasteiger partial charge in [-0.15, -0.1) is 0 Å². The molecule has 3 atom stereocenters. The Kier molecular flexibility index (Phi) is 13.0. The van der Waals surface area contributed by atoms with Crippen LogP contribution in [0.4, 0.5) is 5.69 Å². The highest BCUT2D eigenvalue weighted by atomic mass is 35.5. The molecule has 3 unspecified atom stereocenters. The van der Waals surface area contributed by atoms with E-state index in [-0.39, 0.29) is 52.9 Å². The standard InChI is InChI=1S/C30H35N5O6.C15H18ClNO/c1-33(26-10-11-27(37)32-29(26)39)30(40)25-9-8-23(16-20(25)18-36)41-24-7-6-22(17-24)35-14-12-34(13-15-35)21-4-2-19(3-5-21)28(31)38;1-14(2)9-15(3,4)13(14)18-11-6-5-10(8-17)12(16)7-11/h2-5,8-9,16,18,22,24,26H,6-7,10-15,17H2,1H3,(H2,31,38)(H,32,37,39);5-7,13H,9H2,1-4H3. The third-order valence-electron chi connectivity index (χ3n) is 12.0. The predicted octanol–water partition coefficient (Wildman–Crippen LogP) is 6.01. The van der Waals surface area contributed by atoms with Crippen molar-refractivity contribution >= 4 is 47.2 Å². The van der Waals surface area contributed by atoms with Crippen LogP contribution in [0.1, 0.15) is 103 Å². The number of ether oxygens (including phenoxy) is 2. The summed E-state index contributed by atoms with van der Waals surface area (Å²) in [7, 11) is 1.50. The molecule has 7 rings (SSSR count). The summed E-state index contributed by atoms with van der Waals surface area (Å²) in [6.07, 6.45) is 5.15. The molecular weight excluding hydrogens is 772 g/mol. The van der Waals surface area contributed by atoms with Gasteiger partial charge in [0.2, 0.25) is 17.7 Å². The minimum absolute atomic E-state index is 0.00609. The number of nitrogens with zero attached hydrogens (tertiary/aromatic N) is 4. The molecule has 59 heavy (non-hydrogen) atoms. The molecule has 2 heterocycles. The van der Waals surface area contributed by atoms with Gasteiger partial charge in [0.05, 0.1) is 16.1 Å². The Morgan fingerprint density at radius 3 is 2.19 bits per heavy atom. The van der Waals surface area contributed by atoms with E-state index in [4.69, 9.17) is 32.1 Å². The minimum atomic E-state index is -0.768. The number of nitrogens with two attached hydrogens (primary N) is 1. The van der Waals surface area contributed by atoms with Gasteiger partial charge >= 0.3 is 0 Å². The fourth-order valence-electron chi connectivity index (χ4n) is 9.42. The highest BCUT2D eigenvalue weighted by molar-refractivity contribution is 6.31. The molecule has 3 N–H and O–H groups in total. The Labute approximate surface area is 350 Å². The van der Waals surface area contributed by atoms with Crippen molar-refractivity contribution < 1.29 is 33.4 Å². The molecule has 2 aliphatic heterocycles. The molecule has 4 fully saturated rings. The van der Waals surface area contributed by atoms with Gasteiger partial charge in [-0.25, -0.2) is 0 Å². The molecule has 0 aromatic heterocycles. The molecule has 312 valence electrons. The second-order valence-corrected chi connectivity index (χ2v) is 17.7. The van der Waals surface area contributed by atoms with Crippen molar-refractivity contribution in [3.63, 3.8) is 0 Å². The summed E-state index contributed by atoms with van der Waals surface area (Å²) < 4.78 is 12.3. The van der Waals surface area contributed by atoms with Crippen LogP contribution in [0.15, 0.2) is 60.7 Å². The highest BCUT2D eigenvalue weighted by Crippen LogP contribution is 2.55. The number of piperazine rings is 1. The smallest absolute Gasteiger partial charge is 0.255 e. The maximum atomic E-state index is 13.1. The van der Waals surface area contributed by atoms with E-state index in [1.807, 2.05) is 24.3 Å². The number of carbonyl (C=O) groups excluding carboxylic acids is 5. The SMILES string of the molecule is CC1(C)CC(C)(C)C1Oc1ccc(C#N)c(Cl)c1.CN(C(=O)c1ccc(OC2CCC(N3CCN(c4ccc(C(N)=O)cc4)CC3)C2)cc1C=O)C1CCC(=O)NC1=O. The normalized spacial score (nSPS) is 22.5. The van der Waals surface area contributed by atoms with Gasteiger partial charge < -0.3 is 25.0 Å². The number of likely N-dealkylation sites (N-methyl/N-ethyl adjacent to an activating group) is 1. The van der Waals surface area contributed by atoms with Crippen molar-refractivity contribution in [2.45, 2.75) is 90.5 Å². The molecule has 14 heteroatoms. The third-order valence-corrected chi connectivity index (χ3v) is 12.3. The van der Waals surface area contributed by atoms with Crippen molar-refractivity contribution in [3.05, 3.63) is 87.9 Å². The van der Waals surface area contributed by atoms with Gasteiger partial charge in [0.15, 0.2) is 6.29 Å². The van der Waals surface area contributed by atoms with Crippen LogP contribution in [-0.2, 0) is 9.59 Å². The van der Waals surface area contributed by atoms with E-state index in [0.717, 1.165) is 63.3 Å². The van der Waals surface area contributed by atoms with Crippen molar-refractivity contribution in [3.8, 4) is 17.6 Å². The lowest BCUT2D eigenvalue weighted by Crippen LogP contribution is -2.58. The molecule has 2 saturated carbocycles. The number of primary amides is 1. The molecular formula is C45H53ClN6O7. The van der Waals surface area contributed by atoms with Crippen LogP contribution in [0.25, 0.3) is 0 Å². The number of hydrogen-bond acceptors (Lipinski definition) is 10. The van der Waals surface area contributed by atoms with Crippen LogP contribution in [-0.4, -0.2) is 97.2 Å². The van der Waals surface area contributed by atoms with Crippen LogP contribution >= 0.6 is 11.6 Å². The average molecular weight is 825 g/mol. The van der Waals surface area contributed by atoms with E-state index in [2.05, 4.69) is 42.8 Å². The number of benzene rings is 3. The Hall–Kier alpha value is -5.45. The van der Waals surface area contributed by atoms with E-state index in [1.54, 1.807) is 42.5 Å². The Morgan fingerprint density at radius 2 is 1.59 bits per heavy atom. The van der Waals surface area contributed by atoms with Crippen LogP contribution < -0.4 is 25.4 Å². The second kappa shape index (κ2) is 17.8. The molecule has 3 aromatic carbocycles. The van der Waals surface area contributed by atoms with Gasteiger partial charge in [0.25, 0.3) is 5.91 Å². The molecule has 0 radical (unpaired) electrons. The molecule has 0 bridgehead atoms. The van der Waals surface area contributed by atoms with Crippen LogP contribution in [0.2, 0.25) is 5.02 Å². The van der Waals surface area contributed by atoms with Crippen LogP contribution in [0.3, 0.4) is 0 Å². The third kappa shape index (κ3) is 9.89. The average Bonchev–Trinajstić information content (AvgIpc) is 3.67. The molecule has 3 aromatic rings. The fraction of sp³-hybridized carbons (Fsp3) is 0.467. The number of aldehydes is 1.